The van der Waals surface area contributed by atoms with Crippen LogP contribution in [0.4, 0.5) is 0 Å². The summed E-state index contributed by atoms with van der Waals surface area (Å²) in [6.45, 7) is 1.20. The number of hydrogen-bond donors (Lipinski definition) is 3. The van der Waals surface area contributed by atoms with E-state index in [0.29, 0.717) is 0 Å². The molecule has 0 amide bonds. The number of aliphatic hydroxyl groups excluding tert-OH is 1. The van der Waals surface area contributed by atoms with Gasteiger partial charge in [0.1, 0.15) is 6.10 Å². The monoisotopic (exact) mass is 185 g/mol. The van der Waals surface area contributed by atoms with E-state index in [-0.39, 0.29) is 5.56 Å². The molecular weight excluding hydrogens is 174 g/mol. The fraction of sp³-hybridized carbons (Fsp3) is 0.250. The SMILES string of the molecule is CC(O)C(=O)O.O=c1cccc[nH]1. The van der Waals surface area contributed by atoms with Crippen molar-refractivity contribution in [3.63, 3.8) is 0 Å². The largest absolute Gasteiger partial charge is 0.479 e. The Morgan fingerprint density at radius 2 is 2.08 bits per heavy atom. The van der Waals surface area contributed by atoms with Crippen molar-refractivity contribution in [2.45, 2.75) is 13.0 Å². The molecule has 0 aliphatic carbocycles. The van der Waals surface area contributed by atoms with E-state index in [2.05, 4.69) is 4.98 Å². The number of hydrogen-bond acceptors (Lipinski definition) is 3. The van der Waals surface area contributed by atoms with Crippen LogP contribution < -0.4 is 5.56 Å². The summed E-state index contributed by atoms with van der Waals surface area (Å²) in [6.07, 6.45) is 0.368. The number of carboxylic acid groups (broad SMARTS) is 1. The maximum atomic E-state index is 10.2. The van der Waals surface area contributed by atoms with Gasteiger partial charge >= 0.3 is 5.97 Å². The molecule has 1 aromatic rings. The summed E-state index contributed by atoms with van der Waals surface area (Å²) in [5.74, 6) is -1.19. The number of H-pyrrole nitrogens is 1. The predicted molar refractivity (Wildman–Crippen MR) is 46.4 cm³/mol. The molecule has 0 radical (unpaired) electrons. The summed E-state index contributed by atoms with van der Waals surface area (Å²) >= 11 is 0. The van der Waals surface area contributed by atoms with Gasteiger partial charge in [-0.3, -0.25) is 4.79 Å². The molecule has 0 saturated carbocycles. The lowest BCUT2D eigenvalue weighted by molar-refractivity contribution is -0.145. The summed E-state index contributed by atoms with van der Waals surface area (Å²) in [7, 11) is 0. The van der Waals surface area contributed by atoms with Crippen LogP contribution in [0.3, 0.4) is 0 Å². The van der Waals surface area contributed by atoms with Crippen molar-refractivity contribution in [2.75, 3.05) is 0 Å². The normalized spacial score (nSPS) is 10.9. The molecule has 1 aromatic heterocycles. The van der Waals surface area contributed by atoms with Crippen molar-refractivity contribution in [1.29, 1.82) is 0 Å². The quantitative estimate of drug-likeness (QED) is 0.566. The van der Waals surface area contributed by atoms with Gasteiger partial charge < -0.3 is 15.2 Å². The van der Waals surface area contributed by atoms with E-state index in [0.717, 1.165) is 0 Å². The average Bonchev–Trinajstić information content (AvgIpc) is 2.06. The van der Waals surface area contributed by atoms with Crippen LogP contribution in [0.2, 0.25) is 0 Å². The maximum Gasteiger partial charge on any atom is 0.332 e. The van der Waals surface area contributed by atoms with Gasteiger partial charge in [0.25, 0.3) is 0 Å². The first-order valence-electron chi connectivity index (χ1n) is 3.58. The highest BCUT2D eigenvalue weighted by molar-refractivity contribution is 5.71. The van der Waals surface area contributed by atoms with Gasteiger partial charge in [0.05, 0.1) is 0 Å². The van der Waals surface area contributed by atoms with Crippen LogP contribution in [0.15, 0.2) is 29.2 Å². The van der Waals surface area contributed by atoms with Gasteiger partial charge in [-0.2, -0.15) is 0 Å². The number of carboxylic acids is 1. The first-order chi connectivity index (χ1) is 6.04. The molecule has 0 bridgehead atoms. The molecule has 1 heterocycles. The van der Waals surface area contributed by atoms with E-state index >= 15 is 0 Å². The third-order valence-electron chi connectivity index (χ3n) is 1.04. The lowest BCUT2D eigenvalue weighted by atomic mass is 10.4. The molecule has 5 heteroatoms. The minimum atomic E-state index is -1.23. The summed E-state index contributed by atoms with van der Waals surface area (Å²) in [6, 6.07) is 4.93. The van der Waals surface area contributed by atoms with Gasteiger partial charge in [0.15, 0.2) is 0 Å². The van der Waals surface area contributed by atoms with Crippen molar-refractivity contribution in [3.05, 3.63) is 34.7 Å². The van der Waals surface area contributed by atoms with E-state index in [1.54, 1.807) is 18.3 Å². The molecule has 3 N–H and O–H groups in total. The lowest BCUT2D eigenvalue weighted by Crippen LogP contribution is -2.13. The van der Waals surface area contributed by atoms with Gasteiger partial charge in [0, 0.05) is 12.3 Å². The average molecular weight is 185 g/mol. The number of aromatic nitrogens is 1. The predicted octanol–water partition coefficient (Wildman–Crippen LogP) is -0.173. The van der Waals surface area contributed by atoms with E-state index in [1.807, 2.05) is 0 Å². The number of rotatable bonds is 1. The molecule has 13 heavy (non-hydrogen) atoms. The summed E-state index contributed by atoms with van der Waals surface area (Å²) in [5.41, 5.74) is -0.0532. The van der Waals surface area contributed by atoms with Crippen molar-refractivity contribution in [3.8, 4) is 0 Å². The van der Waals surface area contributed by atoms with E-state index in [4.69, 9.17) is 10.2 Å². The fourth-order valence-corrected chi connectivity index (χ4v) is 0.377. The maximum absolute atomic E-state index is 10.2. The molecule has 1 unspecified atom stereocenters. The number of carbonyl (C=O) groups is 1. The molecule has 1 atom stereocenters. The van der Waals surface area contributed by atoms with Gasteiger partial charge in [0.2, 0.25) is 5.56 Å². The molecule has 0 saturated heterocycles. The smallest absolute Gasteiger partial charge is 0.332 e. The summed E-state index contributed by atoms with van der Waals surface area (Å²) < 4.78 is 0. The minimum absolute atomic E-state index is 0.0532. The zero-order valence-corrected chi connectivity index (χ0v) is 7.10. The Kier molecular flexibility index (Phi) is 5.22. The number of aromatic amines is 1. The zero-order valence-electron chi connectivity index (χ0n) is 7.10. The first kappa shape index (κ1) is 11.4. The fourth-order valence-electron chi connectivity index (χ4n) is 0.377. The summed E-state index contributed by atoms with van der Waals surface area (Å²) in [5, 5.41) is 15.8. The van der Waals surface area contributed by atoms with E-state index in [1.165, 1.54) is 13.0 Å². The molecule has 0 aromatic carbocycles. The Morgan fingerprint density at radius 1 is 1.54 bits per heavy atom. The van der Waals surface area contributed by atoms with Crippen LogP contribution >= 0.6 is 0 Å². The van der Waals surface area contributed by atoms with E-state index in [9.17, 15) is 9.59 Å². The molecule has 0 fully saturated rings. The van der Waals surface area contributed by atoms with Crippen molar-refractivity contribution >= 4 is 5.97 Å². The number of pyridine rings is 1. The molecule has 1 rings (SSSR count). The molecule has 72 valence electrons. The second kappa shape index (κ2) is 5.96. The van der Waals surface area contributed by atoms with Crippen LogP contribution in [0.25, 0.3) is 0 Å². The Balaban J connectivity index is 0.000000226. The molecule has 0 spiro atoms. The van der Waals surface area contributed by atoms with Crippen LogP contribution in [-0.2, 0) is 4.79 Å². The first-order valence-corrected chi connectivity index (χ1v) is 3.58. The number of aliphatic hydroxyl groups is 1. The summed E-state index contributed by atoms with van der Waals surface area (Å²) in [4.78, 5) is 22.1. The molecule has 0 aliphatic heterocycles. The van der Waals surface area contributed by atoms with Crippen LogP contribution in [0.5, 0.6) is 0 Å². The van der Waals surface area contributed by atoms with E-state index < -0.39 is 12.1 Å². The van der Waals surface area contributed by atoms with Crippen LogP contribution in [0.1, 0.15) is 6.92 Å². The highest BCUT2D eigenvalue weighted by Crippen LogP contribution is 1.73. The Labute approximate surface area is 74.7 Å². The molecular formula is C8H11NO4. The molecule has 5 nitrogen and oxygen atoms in total. The number of aliphatic carboxylic acids is 1. The van der Waals surface area contributed by atoms with Crippen LogP contribution in [-0.4, -0.2) is 27.3 Å². The highest BCUT2D eigenvalue weighted by Gasteiger charge is 2.01. The van der Waals surface area contributed by atoms with Crippen molar-refractivity contribution in [2.24, 2.45) is 0 Å². The number of nitrogens with one attached hydrogen (secondary N) is 1. The Hall–Kier alpha value is -1.62. The Morgan fingerprint density at radius 3 is 2.23 bits per heavy atom. The zero-order chi connectivity index (χ0) is 10.3. The van der Waals surface area contributed by atoms with Crippen LogP contribution in [0, 0.1) is 0 Å². The standard InChI is InChI=1S/C5H5NO.C3H6O3/c7-5-3-1-2-4-6-5;1-2(4)3(5)6/h1-4H,(H,6,7);2,4H,1H3,(H,5,6). The second-order valence-corrected chi connectivity index (χ2v) is 2.24. The molecule has 0 aliphatic rings. The second-order valence-electron chi connectivity index (χ2n) is 2.24. The lowest BCUT2D eigenvalue weighted by Gasteiger charge is -1.89. The van der Waals surface area contributed by atoms with Gasteiger partial charge in [-0.1, -0.05) is 6.07 Å². The van der Waals surface area contributed by atoms with Crippen molar-refractivity contribution < 1.29 is 15.0 Å². The van der Waals surface area contributed by atoms with Gasteiger partial charge in [-0.25, -0.2) is 4.79 Å². The topological polar surface area (TPSA) is 90.4 Å². The third kappa shape index (κ3) is 6.77. The Bertz CT molecular complexity index is 288. The van der Waals surface area contributed by atoms with Gasteiger partial charge in [-0.15, -0.1) is 0 Å². The van der Waals surface area contributed by atoms with Crippen molar-refractivity contribution in [1.82, 2.24) is 4.98 Å². The minimum Gasteiger partial charge on any atom is -0.479 e. The third-order valence-corrected chi connectivity index (χ3v) is 1.04. The highest BCUT2D eigenvalue weighted by atomic mass is 16.4. The van der Waals surface area contributed by atoms with Gasteiger partial charge in [-0.05, 0) is 13.0 Å².